The molecule has 3 rings (SSSR count). The minimum absolute atomic E-state index is 0.0946. The Morgan fingerprint density at radius 3 is 2.65 bits per heavy atom. The summed E-state index contributed by atoms with van der Waals surface area (Å²) < 4.78 is 13.7. The number of benzene rings is 1. The average molecular weight is 276 g/mol. The molecule has 1 saturated carbocycles. The highest BCUT2D eigenvalue weighted by atomic mass is 19.1. The molecule has 2 fully saturated rings. The van der Waals surface area contributed by atoms with Crippen molar-refractivity contribution in [2.75, 3.05) is 0 Å². The fourth-order valence-electron chi connectivity index (χ4n) is 2.62. The number of carbonyl (C=O) groups is 2. The van der Waals surface area contributed by atoms with Gasteiger partial charge in [0, 0.05) is 12.1 Å². The molecule has 1 N–H and O–H groups in total. The van der Waals surface area contributed by atoms with Gasteiger partial charge in [-0.2, -0.15) is 0 Å². The van der Waals surface area contributed by atoms with Crippen molar-refractivity contribution in [3.63, 3.8) is 0 Å². The van der Waals surface area contributed by atoms with Gasteiger partial charge in [-0.25, -0.2) is 4.39 Å². The van der Waals surface area contributed by atoms with Crippen LogP contribution in [0, 0.1) is 11.7 Å². The molecule has 20 heavy (non-hydrogen) atoms. The first-order valence-electron chi connectivity index (χ1n) is 6.92. The lowest BCUT2D eigenvalue weighted by atomic mass is 10.0. The van der Waals surface area contributed by atoms with Gasteiger partial charge in [0.05, 0.1) is 0 Å². The summed E-state index contributed by atoms with van der Waals surface area (Å²) >= 11 is 0. The first-order valence-corrected chi connectivity index (χ1v) is 6.92. The minimum atomic E-state index is -0.558. The highest BCUT2D eigenvalue weighted by molar-refractivity contribution is 5.97. The molecule has 1 aromatic rings. The fraction of sp³-hybridized carbons (Fsp3) is 0.467. The molecule has 0 aromatic heterocycles. The maximum atomic E-state index is 13.7. The van der Waals surface area contributed by atoms with Gasteiger partial charge in [0.1, 0.15) is 17.9 Å². The molecule has 5 heteroatoms. The quantitative estimate of drug-likeness (QED) is 0.908. The molecule has 4 nitrogen and oxygen atoms in total. The van der Waals surface area contributed by atoms with Gasteiger partial charge < -0.3 is 10.2 Å². The summed E-state index contributed by atoms with van der Waals surface area (Å²) in [5.41, 5.74) is 0.442. The Bertz CT molecular complexity index is 557. The highest BCUT2D eigenvalue weighted by Crippen LogP contribution is 2.35. The van der Waals surface area contributed by atoms with Gasteiger partial charge >= 0.3 is 0 Å². The van der Waals surface area contributed by atoms with E-state index in [-0.39, 0.29) is 30.1 Å². The van der Waals surface area contributed by atoms with Gasteiger partial charge in [-0.1, -0.05) is 18.2 Å². The second-order valence-electron chi connectivity index (χ2n) is 5.56. The van der Waals surface area contributed by atoms with Crippen LogP contribution in [0.15, 0.2) is 24.3 Å². The van der Waals surface area contributed by atoms with E-state index in [1.807, 2.05) is 0 Å². The van der Waals surface area contributed by atoms with Crippen LogP contribution in [0.1, 0.15) is 25.3 Å². The molecular weight excluding hydrogens is 259 g/mol. The van der Waals surface area contributed by atoms with Crippen LogP contribution in [0.2, 0.25) is 0 Å². The normalized spacial score (nSPS) is 26.6. The molecule has 1 aliphatic heterocycles. The molecule has 2 unspecified atom stereocenters. The summed E-state index contributed by atoms with van der Waals surface area (Å²) in [7, 11) is 0. The molecule has 1 heterocycles. The molecule has 106 valence electrons. The van der Waals surface area contributed by atoms with Crippen LogP contribution in [-0.2, 0) is 16.1 Å². The number of halogens is 1. The predicted molar refractivity (Wildman–Crippen MR) is 71.1 cm³/mol. The Morgan fingerprint density at radius 1 is 1.30 bits per heavy atom. The third-order valence-corrected chi connectivity index (χ3v) is 4.09. The summed E-state index contributed by atoms with van der Waals surface area (Å²) in [6, 6.07) is 5.37. The number of nitrogens with zero attached hydrogens (tertiary/aromatic N) is 1. The molecule has 2 amide bonds. The van der Waals surface area contributed by atoms with Gasteiger partial charge in [-0.15, -0.1) is 0 Å². The molecule has 1 aromatic carbocycles. The first kappa shape index (κ1) is 13.1. The van der Waals surface area contributed by atoms with E-state index >= 15 is 0 Å². The fourth-order valence-corrected chi connectivity index (χ4v) is 2.62. The number of hydrogen-bond donors (Lipinski definition) is 1. The maximum absolute atomic E-state index is 13.7. The Balaban J connectivity index is 1.83. The number of nitrogens with one attached hydrogen (secondary N) is 1. The van der Waals surface area contributed by atoms with Gasteiger partial charge in [-0.05, 0) is 31.7 Å². The van der Waals surface area contributed by atoms with Crippen molar-refractivity contribution < 1.29 is 14.0 Å². The van der Waals surface area contributed by atoms with Crippen LogP contribution >= 0.6 is 0 Å². The lowest BCUT2D eigenvalue weighted by Gasteiger charge is -2.37. The van der Waals surface area contributed by atoms with Crippen LogP contribution in [0.5, 0.6) is 0 Å². The number of carbonyl (C=O) groups excluding carboxylic acids is 2. The molecule has 2 aliphatic rings. The van der Waals surface area contributed by atoms with E-state index in [1.54, 1.807) is 25.1 Å². The smallest absolute Gasteiger partial charge is 0.246 e. The van der Waals surface area contributed by atoms with Crippen LogP contribution in [0.4, 0.5) is 4.39 Å². The number of piperazine rings is 1. The van der Waals surface area contributed by atoms with Crippen molar-refractivity contribution in [1.29, 1.82) is 0 Å². The zero-order valence-electron chi connectivity index (χ0n) is 11.3. The van der Waals surface area contributed by atoms with Gasteiger partial charge in [0.2, 0.25) is 11.8 Å². The summed E-state index contributed by atoms with van der Waals surface area (Å²) in [6.45, 7) is 1.82. The third-order valence-electron chi connectivity index (χ3n) is 4.09. The van der Waals surface area contributed by atoms with Gasteiger partial charge in [-0.3, -0.25) is 9.59 Å². The average Bonchev–Trinajstić information content (AvgIpc) is 3.25. The van der Waals surface area contributed by atoms with Crippen molar-refractivity contribution in [3.8, 4) is 0 Å². The molecule has 1 aliphatic carbocycles. The maximum Gasteiger partial charge on any atom is 0.246 e. The van der Waals surface area contributed by atoms with Crippen LogP contribution in [-0.4, -0.2) is 28.8 Å². The predicted octanol–water partition coefficient (Wildman–Crippen LogP) is 1.45. The second kappa shape index (κ2) is 4.89. The van der Waals surface area contributed by atoms with Gasteiger partial charge in [0.15, 0.2) is 0 Å². The molecule has 0 spiro atoms. The lowest BCUT2D eigenvalue weighted by molar-refractivity contribution is -0.150. The lowest BCUT2D eigenvalue weighted by Crippen LogP contribution is -2.62. The Morgan fingerprint density at radius 2 is 2.00 bits per heavy atom. The zero-order chi connectivity index (χ0) is 14.3. The monoisotopic (exact) mass is 276 g/mol. The molecule has 1 saturated heterocycles. The minimum Gasteiger partial charge on any atom is -0.342 e. The SMILES string of the molecule is CC1C(=O)NC(C2CC2)C(=O)N1Cc1ccccc1F. The van der Waals surface area contributed by atoms with Crippen LogP contribution in [0.3, 0.4) is 0 Å². The van der Waals surface area contributed by atoms with E-state index in [9.17, 15) is 14.0 Å². The van der Waals surface area contributed by atoms with E-state index in [4.69, 9.17) is 0 Å². The summed E-state index contributed by atoms with van der Waals surface area (Å²) in [5, 5.41) is 2.78. The van der Waals surface area contributed by atoms with E-state index in [2.05, 4.69) is 5.32 Å². The van der Waals surface area contributed by atoms with Crippen LogP contribution < -0.4 is 5.32 Å². The third kappa shape index (κ3) is 2.28. The Labute approximate surface area is 117 Å². The summed E-state index contributed by atoms with van der Waals surface area (Å²) in [4.78, 5) is 25.9. The molecule has 2 atom stereocenters. The van der Waals surface area contributed by atoms with E-state index in [1.165, 1.54) is 11.0 Å². The van der Waals surface area contributed by atoms with Crippen molar-refractivity contribution in [2.45, 2.75) is 38.4 Å². The van der Waals surface area contributed by atoms with Crippen LogP contribution in [0.25, 0.3) is 0 Å². The molecule has 0 radical (unpaired) electrons. The van der Waals surface area contributed by atoms with E-state index < -0.39 is 12.1 Å². The topological polar surface area (TPSA) is 49.4 Å². The van der Waals surface area contributed by atoms with Crippen molar-refractivity contribution in [2.24, 2.45) is 5.92 Å². The van der Waals surface area contributed by atoms with Gasteiger partial charge in [0.25, 0.3) is 0 Å². The molecular formula is C15H17FN2O2. The number of amides is 2. The summed E-state index contributed by atoms with van der Waals surface area (Å²) in [6.07, 6.45) is 1.94. The van der Waals surface area contributed by atoms with E-state index in [0.717, 1.165) is 12.8 Å². The largest absolute Gasteiger partial charge is 0.342 e. The first-order chi connectivity index (χ1) is 9.58. The zero-order valence-corrected chi connectivity index (χ0v) is 11.3. The Hall–Kier alpha value is -1.91. The summed E-state index contributed by atoms with van der Waals surface area (Å²) in [5.74, 6) is -0.343. The number of rotatable bonds is 3. The van der Waals surface area contributed by atoms with Crippen molar-refractivity contribution >= 4 is 11.8 Å². The highest BCUT2D eigenvalue weighted by Gasteiger charge is 2.45. The van der Waals surface area contributed by atoms with Crippen molar-refractivity contribution in [1.82, 2.24) is 10.2 Å². The standard InChI is InChI=1S/C15H17FN2O2/c1-9-14(19)17-13(10-6-7-10)15(20)18(9)8-11-4-2-3-5-12(11)16/h2-5,9-10,13H,6-8H2,1H3,(H,17,19). The van der Waals surface area contributed by atoms with E-state index in [0.29, 0.717) is 5.56 Å². The Kier molecular flexibility index (Phi) is 3.20. The van der Waals surface area contributed by atoms with Crippen molar-refractivity contribution in [3.05, 3.63) is 35.6 Å². The number of hydrogen-bond acceptors (Lipinski definition) is 2. The second-order valence-corrected chi connectivity index (χ2v) is 5.56. The molecule has 0 bridgehead atoms.